The summed E-state index contributed by atoms with van der Waals surface area (Å²) in [6.45, 7) is 8.34. The first-order valence-corrected chi connectivity index (χ1v) is 14.0. The fraction of sp³-hybridized carbons (Fsp3) is 0.312. The molecule has 3 aromatic heterocycles. The Morgan fingerprint density at radius 3 is 2.32 bits per heavy atom. The highest BCUT2D eigenvalue weighted by Crippen LogP contribution is 2.45. The van der Waals surface area contributed by atoms with Gasteiger partial charge in [0.2, 0.25) is 0 Å². The molecule has 0 bridgehead atoms. The van der Waals surface area contributed by atoms with Crippen LogP contribution in [0.15, 0.2) is 54.7 Å². The van der Waals surface area contributed by atoms with Gasteiger partial charge in [-0.25, -0.2) is 13.8 Å². The molecule has 1 aliphatic heterocycles. The molecule has 2 aromatic carbocycles. The fourth-order valence-electron chi connectivity index (χ4n) is 6.06. The summed E-state index contributed by atoms with van der Waals surface area (Å²) in [7, 11) is 0. The van der Waals surface area contributed by atoms with E-state index in [-0.39, 0.29) is 12.4 Å². The van der Waals surface area contributed by atoms with Crippen molar-refractivity contribution in [1.29, 1.82) is 0 Å². The number of halogens is 3. The molecule has 2 N–H and O–H groups in total. The van der Waals surface area contributed by atoms with Gasteiger partial charge in [-0.15, -0.1) is 12.4 Å². The lowest BCUT2D eigenvalue weighted by molar-refractivity contribution is 0.573. The van der Waals surface area contributed by atoms with Crippen LogP contribution < -0.4 is 10.2 Å². The van der Waals surface area contributed by atoms with Crippen LogP contribution in [0.1, 0.15) is 41.4 Å². The van der Waals surface area contributed by atoms with Crippen LogP contribution in [0.5, 0.6) is 0 Å². The minimum atomic E-state index is -0.584. The monoisotopic (exact) mass is 574 g/mol. The highest BCUT2D eigenvalue weighted by molar-refractivity contribution is 5.97. The lowest BCUT2D eigenvalue weighted by atomic mass is 9.97. The molecule has 0 unspecified atom stereocenters. The predicted molar refractivity (Wildman–Crippen MR) is 162 cm³/mol. The Bertz CT molecular complexity index is 1690. The molecule has 0 atom stereocenters. The molecule has 212 valence electrons. The number of aromatic nitrogens is 4. The van der Waals surface area contributed by atoms with Gasteiger partial charge in [-0.3, -0.25) is 4.68 Å². The zero-order chi connectivity index (χ0) is 27.4. The maximum Gasteiger partial charge on any atom is 0.138 e. The van der Waals surface area contributed by atoms with Gasteiger partial charge in [-0.2, -0.15) is 5.10 Å². The maximum absolute atomic E-state index is 13.8. The number of aromatic amines is 1. The number of rotatable bonds is 6. The number of anilines is 1. The topological polar surface area (TPSA) is 61.8 Å². The van der Waals surface area contributed by atoms with Crippen LogP contribution in [0.4, 0.5) is 14.5 Å². The SMILES string of the molecule is Cc1nn(Cc2cc(F)cc(F)c2)c(C)c1-c1c[nH]c2nc(C3CC3)c(-c3ccc(N4CCNCC4)cc3)cc12.Cl. The number of hydrogen-bond donors (Lipinski definition) is 2. The smallest absolute Gasteiger partial charge is 0.138 e. The largest absolute Gasteiger partial charge is 0.369 e. The molecule has 1 saturated heterocycles. The van der Waals surface area contributed by atoms with E-state index in [2.05, 4.69) is 45.5 Å². The van der Waals surface area contributed by atoms with E-state index >= 15 is 0 Å². The van der Waals surface area contributed by atoms with Gasteiger partial charge in [0, 0.05) is 77.8 Å². The zero-order valence-electron chi connectivity index (χ0n) is 23.2. The van der Waals surface area contributed by atoms with E-state index in [0.717, 1.165) is 71.5 Å². The molecule has 2 fully saturated rings. The van der Waals surface area contributed by atoms with Gasteiger partial charge in [0.05, 0.1) is 17.9 Å². The molecular formula is C32H33ClF2N6. The number of aryl methyl sites for hydroxylation is 1. The van der Waals surface area contributed by atoms with Crippen molar-refractivity contribution >= 4 is 29.1 Å². The Hall–Kier alpha value is -3.75. The Labute approximate surface area is 244 Å². The molecular weight excluding hydrogens is 542 g/mol. The number of pyridine rings is 1. The van der Waals surface area contributed by atoms with Gasteiger partial charge >= 0.3 is 0 Å². The van der Waals surface area contributed by atoms with Crippen LogP contribution in [-0.2, 0) is 6.54 Å². The van der Waals surface area contributed by atoms with Gasteiger partial charge in [-0.1, -0.05) is 12.1 Å². The fourth-order valence-corrected chi connectivity index (χ4v) is 6.06. The zero-order valence-corrected chi connectivity index (χ0v) is 24.0. The average Bonchev–Trinajstić information content (AvgIpc) is 3.67. The van der Waals surface area contributed by atoms with Gasteiger partial charge in [-0.05, 0) is 68.1 Å². The van der Waals surface area contributed by atoms with Crippen molar-refractivity contribution in [3.8, 4) is 22.3 Å². The van der Waals surface area contributed by atoms with E-state index < -0.39 is 11.6 Å². The lowest BCUT2D eigenvalue weighted by Crippen LogP contribution is -2.43. The number of piperazine rings is 1. The molecule has 1 aliphatic carbocycles. The van der Waals surface area contributed by atoms with E-state index in [1.807, 2.05) is 24.7 Å². The molecule has 2 aliphatic rings. The van der Waals surface area contributed by atoms with Crippen molar-refractivity contribution in [2.24, 2.45) is 0 Å². The molecule has 41 heavy (non-hydrogen) atoms. The molecule has 0 spiro atoms. The van der Waals surface area contributed by atoms with Gasteiger partial charge in [0.15, 0.2) is 0 Å². The summed E-state index contributed by atoms with van der Waals surface area (Å²) in [4.78, 5) is 11.0. The average molecular weight is 575 g/mol. The summed E-state index contributed by atoms with van der Waals surface area (Å²) in [5, 5.41) is 9.21. The second kappa shape index (κ2) is 10.9. The first kappa shape index (κ1) is 27.4. The van der Waals surface area contributed by atoms with Crippen LogP contribution in [-0.4, -0.2) is 45.9 Å². The Kier molecular flexibility index (Phi) is 7.30. The summed E-state index contributed by atoms with van der Waals surface area (Å²) in [5.41, 5.74) is 10.0. The third-order valence-electron chi connectivity index (χ3n) is 8.23. The normalized spacial score (nSPS) is 15.4. The van der Waals surface area contributed by atoms with Crippen LogP contribution in [0.2, 0.25) is 0 Å². The summed E-state index contributed by atoms with van der Waals surface area (Å²) in [6, 6.07) is 14.8. The minimum absolute atomic E-state index is 0. The quantitative estimate of drug-likeness (QED) is 0.236. The molecule has 5 aromatic rings. The number of benzene rings is 2. The highest BCUT2D eigenvalue weighted by atomic mass is 35.5. The highest BCUT2D eigenvalue weighted by Gasteiger charge is 2.29. The Balaban J connectivity index is 0.00000302. The summed E-state index contributed by atoms with van der Waals surface area (Å²) in [5.74, 6) is -0.671. The van der Waals surface area contributed by atoms with Gasteiger partial charge < -0.3 is 15.2 Å². The van der Waals surface area contributed by atoms with Crippen LogP contribution in [0.25, 0.3) is 33.3 Å². The van der Waals surface area contributed by atoms with Crippen molar-refractivity contribution < 1.29 is 8.78 Å². The van der Waals surface area contributed by atoms with Gasteiger partial charge in [0.1, 0.15) is 17.3 Å². The number of hydrogen-bond acceptors (Lipinski definition) is 4. The van der Waals surface area contributed by atoms with E-state index in [1.165, 1.54) is 41.8 Å². The number of nitrogens with one attached hydrogen (secondary N) is 2. The van der Waals surface area contributed by atoms with Crippen molar-refractivity contribution in [1.82, 2.24) is 25.1 Å². The lowest BCUT2D eigenvalue weighted by Gasteiger charge is -2.29. The summed E-state index contributed by atoms with van der Waals surface area (Å²) in [6.07, 6.45) is 4.35. The minimum Gasteiger partial charge on any atom is -0.369 e. The number of H-pyrrole nitrogens is 1. The van der Waals surface area contributed by atoms with Crippen molar-refractivity contribution in [3.05, 3.63) is 89.0 Å². The second-order valence-corrected chi connectivity index (χ2v) is 11.1. The van der Waals surface area contributed by atoms with Crippen molar-refractivity contribution in [2.75, 3.05) is 31.1 Å². The van der Waals surface area contributed by atoms with Crippen LogP contribution >= 0.6 is 12.4 Å². The predicted octanol–water partition coefficient (Wildman–Crippen LogP) is 6.75. The van der Waals surface area contributed by atoms with E-state index in [1.54, 1.807) is 0 Å². The van der Waals surface area contributed by atoms with Crippen LogP contribution in [0.3, 0.4) is 0 Å². The molecule has 1 saturated carbocycles. The summed E-state index contributed by atoms with van der Waals surface area (Å²) >= 11 is 0. The summed E-state index contributed by atoms with van der Waals surface area (Å²) < 4.78 is 29.5. The third kappa shape index (κ3) is 5.22. The standard InChI is InChI=1S/C32H32F2N6.ClH/c1-19-30(20(2)40(38-19)18-21-13-24(33)15-25(34)14-21)29-17-36-32-28(29)16-27(31(37-32)23-3-4-23)22-5-7-26(8-6-22)39-11-9-35-10-12-39;/h5-8,13-17,23,35H,3-4,9-12,18H2,1-2H3,(H,36,37);1H. The number of fused-ring (bicyclic) bond motifs is 1. The molecule has 0 amide bonds. The Morgan fingerprint density at radius 2 is 1.63 bits per heavy atom. The molecule has 6 nitrogen and oxygen atoms in total. The molecule has 0 radical (unpaired) electrons. The second-order valence-electron chi connectivity index (χ2n) is 11.1. The van der Waals surface area contributed by atoms with E-state index in [0.29, 0.717) is 18.0 Å². The van der Waals surface area contributed by atoms with Gasteiger partial charge in [0.25, 0.3) is 0 Å². The molecule has 4 heterocycles. The van der Waals surface area contributed by atoms with Crippen LogP contribution in [0, 0.1) is 25.5 Å². The first-order valence-electron chi connectivity index (χ1n) is 14.0. The van der Waals surface area contributed by atoms with Crippen molar-refractivity contribution in [2.45, 2.75) is 39.2 Å². The Morgan fingerprint density at radius 1 is 0.927 bits per heavy atom. The van der Waals surface area contributed by atoms with E-state index in [4.69, 9.17) is 10.1 Å². The third-order valence-corrected chi connectivity index (χ3v) is 8.23. The molecule has 9 heteroatoms. The van der Waals surface area contributed by atoms with Crippen molar-refractivity contribution in [3.63, 3.8) is 0 Å². The first-order chi connectivity index (χ1) is 19.4. The number of nitrogens with zero attached hydrogens (tertiary/aromatic N) is 4. The van der Waals surface area contributed by atoms with E-state index in [9.17, 15) is 8.78 Å². The maximum atomic E-state index is 13.8. The molecule has 7 rings (SSSR count).